The minimum absolute atomic E-state index is 0.0286. The minimum Gasteiger partial charge on any atom is -0.462 e. The van der Waals surface area contributed by atoms with Gasteiger partial charge in [0.15, 0.2) is 6.10 Å². The molecule has 514 valence electrons. The Balaban J connectivity index is 3.96. The van der Waals surface area contributed by atoms with E-state index in [1.807, 2.05) is 21.1 Å². The van der Waals surface area contributed by atoms with Gasteiger partial charge in [-0.2, -0.15) is 0 Å². The Bertz CT molecular complexity index is 1710. The van der Waals surface area contributed by atoms with E-state index < -0.39 is 26.5 Å². The van der Waals surface area contributed by atoms with Gasteiger partial charge in [-0.25, -0.2) is 4.57 Å². The highest BCUT2D eigenvalue weighted by molar-refractivity contribution is 7.47. The van der Waals surface area contributed by atoms with Crippen molar-refractivity contribution in [2.45, 2.75) is 367 Å². The highest BCUT2D eigenvalue weighted by Gasteiger charge is 2.27. The molecule has 10 heteroatoms. The average Bonchev–Trinajstić information content (AvgIpc) is 3.60. The summed E-state index contributed by atoms with van der Waals surface area (Å²) in [6.45, 7) is 4.36. The van der Waals surface area contributed by atoms with Crippen LogP contribution in [0.15, 0.2) is 72.9 Å². The second kappa shape index (κ2) is 68.8. The van der Waals surface area contributed by atoms with E-state index >= 15 is 0 Å². The lowest BCUT2D eigenvalue weighted by Crippen LogP contribution is -2.37. The number of rotatable bonds is 70. The standard InChI is InChI=1S/C78H144NO8P/c1-6-8-10-12-14-16-18-20-22-24-26-28-30-32-34-35-36-37-38-39-40-41-42-43-45-46-48-50-52-54-56-58-60-62-64-66-68-70-77(80)84-74-76(75-86-88(82,83)85-73-72-79(3,4)5)87-78(81)71-69-67-65-63-61-59-57-55-53-51-49-47-44-33-31-29-27-25-23-21-19-17-15-13-11-9-7-2/h9,11,15,17,21,23,27,29,33,44,49,51,76H,6-8,10,12-14,16,18-20,22,24-26,28,30-32,34-43,45-48,50,52-75H2,1-5H3/p+1/b11-9-,17-15-,23-21-,29-27-,44-33-,51-49-. The Morgan fingerprint density at radius 1 is 0.364 bits per heavy atom. The van der Waals surface area contributed by atoms with Gasteiger partial charge in [-0.3, -0.25) is 18.6 Å². The van der Waals surface area contributed by atoms with Crippen molar-refractivity contribution < 1.29 is 42.1 Å². The largest absolute Gasteiger partial charge is 0.472 e. The third-order valence-electron chi connectivity index (χ3n) is 16.8. The number of carbonyl (C=O) groups is 2. The molecule has 0 aromatic rings. The van der Waals surface area contributed by atoms with Crippen molar-refractivity contribution in [2.75, 3.05) is 47.5 Å². The molecule has 0 aromatic heterocycles. The molecule has 0 saturated heterocycles. The van der Waals surface area contributed by atoms with Crippen molar-refractivity contribution in [1.29, 1.82) is 0 Å². The Kier molecular flexibility index (Phi) is 66.8. The second-order valence-electron chi connectivity index (χ2n) is 26.7. The molecule has 9 nitrogen and oxygen atoms in total. The summed E-state index contributed by atoms with van der Waals surface area (Å²) in [5.74, 6) is -0.794. The maximum atomic E-state index is 12.9. The van der Waals surface area contributed by atoms with Crippen LogP contribution in [0.1, 0.15) is 361 Å². The van der Waals surface area contributed by atoms with Crippen LogP contribution in [0.5, 0.6) is 0 Å². The normalized spacial score (nSPS) is 13.5. The van der Waals surface area contributed by atoms with Crippen LogP contribution in [0.3, 0.4) is 0 Å². The first kappa shape index (κ1) is 85.5. The zero-order valence-corrected chi connectivity index (χ0v) is 59.6. The Morgan fingerprint density at radius 2 is 0.648 bits per heavy atom. The van der Waals surface area contributed by atoms with E-state index in [4.69, 9.17) is 18.5 Å². The number of phosphoric acid groups is 1. The predicted octanol–water partition coefficient (Wildman–Crippen LogP) is 24.7. The smallest absolute Gasteiger partial charge is 0.462 e. The molecule has 0 rings (SSSR count). The van der Waals surface area contributed by atoms with E-state index in [-0.39, 0.29) is 32.0 Å². The van der Waals surface area contributed by atoms with Crippen LogP contribution in [0.2, 0.25) is 0 Å². The van der Waals surface area contributed by atoms with Crippen LogP contribution in [0, 0.1) is 0 Å². The molecule has 0 aromatic carbocycles. The van der Waals surface area contributed by atoms with Crippen molar-refractivity contribution in [3.05, 3.63) is 72.9 Å². The SMILES string of the molecule is CC/C=C\C/C=C\C/C=C\C/C=C\C/C=C\C/C=C\CCCCCCCCCCC(=O)OC(COC(=O)CCCCCCCCCCCCCCCCCCCCCCCCCCCCCCCCCCCCCCC)COP(=O)(O)OCC[N+](C)(C)C. The molecule has 0 radical (unpaired) electrons. The fourth-order valence-corrected chi connectivity index (χ4v) is 11.8. The zero-order valence-electron chi connectivity index (χ0n) is 58.7. The van der Waals surface area contributed by atoms with Gasteiger partial charge in [-0.1, -0.05) is 356 Å². The van der Waals surface area contributed by atoms with Gasteiger partial charge in [0, 0.05) is 12.8 Å². The molecule has 0 aliphatic carbocycles. The quantitative estimate of drug-likeness (QED) is 0.0211. The maximum Gasteiger partial charge on any atom is 0.472 e. The summed E-state index contributed by atoms with van der Waals surface area (Å²) in [4.78, 5) is 35.9. The fourth-order valence-electron chi connectivity index (χ4n) is 11.0. The highest BCUT2D eigenvalue weighted by atomic mass is 31.2. The summed E-state index contributed by atoms with van der Waals surface area (Å²) in [5.41, 5.74) is 0. The third-order valence-corrected chi connectivity index (χ3v) is 17.7. The van der Waals surface area contributed by atoms with Gasteiger partial charge in [-0.15, -0.1) is 0 Å². The molecule has 2 unspecified atom stereocenters. The summed E-state index contributed by atoms with van der Waals surface area (Å²) in [5, 5.41) is 0. The van der Waals surface area contributed by atoms with Crippen LogP contribution >= 0.6 is 7.82 Å². The van der Waals surface area contributed by atoms with Crippen molar-refractivity contribution in [3.8, 4) is 0 Å². The molecule has 0 bridgehead atoms. The fraction of sp³-hybridized carbons (Fsp3) is 0.821. The van der Waals surface area contributed by atoms with E-state index in [1.165, 1.54) is 244 Å². The van der Waals surface area contributed by atoms with E-state index in [2.05, 4.69) is 86.8 Å². The predicted molar refractivity (Wildman–Crippen MR) is 381 cm³/mol. The van der Waals surface area contributed by atoms with Crippen LogP contribution in [0.4, 0.5) is 0 Å². The number of nitrogens with zero attached hydrogens (tertiary/aromatic N) is 1. The molecule has 0 heterocycles. The topological polar surface area (TPSA) is 108 Å². The van der Waals surface area contributed by atoms with Crippen molar-refractivity contribution in [3.63, 3.8) is 0 Å². The van der Waals surface area contributed by atoms with Crippen molar-refractivity contribution in [1.82, 2.24) is 0 Å². The molecule has 0 spiro atoms. The van der Waals surface area contributed by atoms with E-state index in [0.717, 1.165) is 83.5 Å². The number of likely N-dealkylation sites (N-methyl/N-ethyl adjacent to an activating group) is 1. The zero-order chi connectivity index (χ0) is 64.1. The van der Waals surface area contributed by atoms with Crippen molar-refractivity contribution in [2.24, 2.45) is 0 Å². The number of ether oxygens (including phenoxy) is 2. The van der Waals surface area contributed by atoms with E-state index in [0.29, 0.717) is 17.4 Å². The van der Waals surface area contributed by atoms with Gasteiger partial charge < -0.3 is 18.9 Å². The number of unbranched alkanes of at least 4 members (excludes halogenated alkanes) is 44. The monoisotopic (exact) mass is 1260 g/mol. The lowest BCUT2D eigenvalue weighted by atomic mass is 10.0. The van der Waals surface area contributed by atoms with Crippen LogP contribution < -0.4 is 0 Å². The third kappa shape index (κ3) is 72.5. The van der Waals surface area contributed by atoms with Crippen LogP contribution in [-0.4, -0.2) is 74.9 Å². The van der Waals surface area contributed by atoms with Crippen LogP contribution in [-0.2, 0) is 32.7 Å². The summed E-state index contributed by atoms with van der Waals surface area (Å²) < 4.78 is 34.8. The lowest BCUT2D eigenvalue weighted by molar-refractivity contribution is -0.870. The molecule has 0 aliphatic rings. The number of allylic oxidation sites excluding steroid dienone is 12. The Labute approximate surface area is 546 Å². The number of hydrogen-bond donors (Lipinski definition) is 1. The Morgan fingerprint density at radius 3 is 0.966 bits per heavy atom. The molecule has 2 atom stereocenters. The molecule has 0 fully saturated rings. The minimum atomic E-state index is -4.40. The first-order valence-electron chi connectivity index (χ1n) is 37.7. The first-order valence-corrected chi connectivity index (χ1v) is 39.2. The second-order valence-corrected chi connectivity index (χ2v) is 28.1. The van der Waals surface area contributed by atoms with Crippen LogP contribution in [0.25, 0.3) is 0 Å². The molecule has 1 N–H and O–H groups in total. The molecule has 0 amide bonds. The van der Waals surface area contributed by atoms with Gasteiger partial charge in [-0.05, 0) is 64.2 Å². The Hall–Kier alpha value is -2.55. The first-order chi connectivity index (χ1) is 43.0. The van der Waals surface area contributed by atoms with E-state index in [1.54, 1.807) is 0 Å². The number of quaternary nitrogens is 1. The van der Waals surface area contributed by atoms with Gasteiger partial charge in [0.25, 0.3) is 0 Å². The van der Waals surface area contributed by atoms with Gasteiger partial charge in [0.2, 0.25) is 0 Å². The number of hydrogen-bond acceptors (Lipinski definition) is 7. The van der Waals surface area contributed by atoms with E-state index in [9.17, 15) is 19.0 Å². The number of carbonyl (C=O) groups excluding carboxylic acids is 2. The number of phosphoric ester groups is 1. The molecule has 0 aliphatic heterocycles. The molecular weight excluding hydrogens is 1110 g/mol. The van der Waals surface area contributed by atoms with Gasteiger partial charge in [0.05, 0.1) is 27.7 Å². The highest BCUT2D eigenvalue weighted by Crippen LogP contribution is 2.43. The van der Waals surface area contributed by atoms with Gasteiger partial charge in [0.1, 0.15) is 19.8 Å². The molecule has 88 heavy (non-hydrogen) atoms. The summed E-state index contributed by atoms with van der Waals surface area (Å²) in [6, 6.07) is 0. The maximum absolute atomic E-state index is 12.9. The lowest BCUT2D eigenvalue weighted by Gasteiger charge is -2.24. The number of esters is 2. The summed E-state index contributed by atoms with van der Waals surface area (Å²) >= 11 is 0. The van der Waals surface area contributed by atoms with Gasteiger partial charge >= 0.3 is 19.8 Å². The average molecular weight is 1260 g/mol. The van der Waals surface area contributed by atoms with Crippen molar-refractivity contribution >= 4 is 19.8 Å². The summed E-state index contributed by atoms with van der Waals surface area (Å²) in [6.07, 6.45) is 93.3. The summed E-state index contributed by atoms with van der Waals surface area (Å²) in [7, 11) is 1.48. The molecule has 0 saturated carbocycles. The molecular formula is C78H145NO8P+.